The molecule has 1 fully saturated rings. The lowest BCUT2D eigenvalue weighted by Gasteiger charge is -2.16. The summed E-state index contributed by atoms with van der Waals surface area (Å²) in [6.45, 7) is 8.24. The van der Waals surface area contributed by atoms with Crippen LogP contribution in [0.3, 0.4) is 0 Å². The van der Waals surface area contributed by atoms with Crippen molar-refractivity contribution in [1.82, 2.24) is 4.90 Å². The zero-order valence-corrected chi connectivity index (χ0v) is 8.95. The molecule has 0 radical (unpaired) electrons. The second-order valence-corrected chi connectivity index (χ2v) is 3.87. The van der Waals surface area contributed by atoms with Crippen LogP contribution in [0.1, 0.15) is 20.3 Å². The maximum Gasteiger partial charge on any atom is 0.0710 e. The lowest BCUT2D eigenvalue weighted by Crippen LogP contribution is -2.27. The van der Waals surface area contributed by atoms with Gasteiger partial charge in [-0.3, -0.25) is 4.90 Å². The van der Waals surface area contributed by atoms with Gasteiger partial charge in [-0.15, -0.1) is 0 Å². The number of likely N-dealkylation sites (tertiary alicyclic amines) is 1. The number of hydrogen-bond donors (Lipinski definition) is 0. The van der Waals surface area contributed by atoms with Crippen LogP contribution < -0.4 is 0 Å². The van der Waals surface area contributed by atoms with E-state index >= 15 is 0 Å². The fourth-order valence-corrected chi connectivity index (χ4v) is 1.61. The summed E-state index contributed by atoms with van der Waals surface area (Å²) in [7, 11) is 1.79. The molecule has 0 aliphatic carbocycles. The molecule has 0 spiro atoms. The van der Waals surface area contributed by atoms with Crippen LogP contribution in [-0.2, 0) is 9.47 Å². The molecule has 1 aliphatic rings. The molecule has 1 aliphatic heterocycles. The van der Waals surface area contributed by atoms with E-state index in [1.807, 2.05) is 0 Å². The first-order valence-corrected chi connectivity index (χ1v) is 5.09. The van der Waals surface area contributed by atoms with Crippen LogP contribution in [0.2, 0.25) is 0 Å². The molecule has 0 bridgehead atoms. The molecule has 0 aromatic rings. The Bertz CT molecular complexity index is 139. The van der Waals surface area contributed by atoms with Crippen molar-refractivity contribution < 1.29 is 9.47 Å². The van der Waals surface area contributed by atoms with E-state index in [9.17, 15) is 0 Å². The summed E-state index contributed by atoms with van der Waals surface area (Å²) in [5.74, 6) is 0. The molecular weight excluding hydrogens is 166 g/mol. The van der Waals surface area contributed by atoms with Crippen molar-refractivity contribution in [2.24, 2.45) is 0 Å². The minimum Gasteiger partial charge on any atom is -0.380 e. The van der Waals surface area contributed by atoms with Crippen LogP contribution in [0.4, 0.5) is 0 Å². The van der Waals surface area contributed by atoms with Crippen molar-refractivity contribution in [2.75, 3.05) is 33.4 Å². The predicted molar refractivity (Wildman–Crippen MR) is 52.9 cm³/mol. The molecule has 1 unspecified atom stereocenters. The van der Waals surface area contributed by atoms with Crippen LogP contribution in [0.15, 0.2) is 0 Å². The van der Waals surface area contributed by atoms with Gasteiger partial charge in [-0.1, -0.05) is 0 Å². The van der Waals surface area contributed by atoms with Crippen LogP contribution >= 0.6 is 0 Å². The predicted octanol–water partition coefficient (Wildman–Crippen LogP) is 1.13. The molecule has 13 heavy (non-hydrogen) atoms. The SMILES string of the molecule is COC1CCN(CCOC(C)C)C1. The second-order valence-electron chi connectivity index (χ2n) is 3.87. The summed E-state index contributed by atoms with van der Waals surface area (Å²) in [5.41, 5.74) is 0. The van der Waals surface area contributed by atoms with Crippen LogP contribution in [0.25, 0.3) is 0 Å². The van der Waals surface area contributed by atoms with E-state index in [-0.39, 0.29) is 0 Å². The lowest BCUT2D eigenvalue weighted by molar-refractivity contribution is 0.0574. The van der Waals surface area contributed by atoms with Crippen LogP contribution in [-0.4, -0.2) is 50.5 Å². The maximum atomic E-state index is 5.49. The summed E-state index contributed by atoms with van der Waals surface area (Å²) in [6.07, 6.45) is 1.96. The topological polar surface area (TPSA) is 21.7 Å². The van der Waals surface area contributed by atoms with Gasteiger partial charge in [0.2, 0.25) is 0 Å². The van der Waals surface area contributed by atoms with Crippen molar-refractivity contribution in [1.29, 1.82) is 0 Å². The highest BCUT2D eigenvalue weighted by molar-refractivity contribution is 4.75. The van der Waals surface area contributed by atoms with Gasteiger partial charge in [-0.2, -0.15) is 0 Å². The Kier molecular flexibility index (Phi) is 4.70. The molecule has 1 heterocycles. The molecule has 0 aromatic heterocycles. The van der Waals surface area contributed by atoms with Crippen molar-refractivity contribution in [3.8, 4) is 0 Å². The molecule has 1 atom stereocenters. The first kappa shape index (κ1) is 11.0. The second kappa shape index (κ2) is 5.58. The highest BCUT2D eigenvalue weighted by Crippen LogP contribution is 2.10. The summed E-state index contributed by atoms with van der Waals surface area (Å²) in [5, 5.41) is 0. The van der Waals surface area contributed by atoms with E-state index in [1.54, 1.807) is 7.11 Å². The third-order valence-electron chi connectivity index (χ3n) is 2.42. The summed E-state index contributed by atoms with van der Waals surface area (Å²) < 4.78 is 10.8. The molecule has 0 N–H and O–H groups in total. The Labute approximate surface area is 81.0 Å². The van der Waals surface area contributed by atoms with Crippen LogP contribution in [0, 0.1) is 0 Å². The zero-order valence-electron chi connectivity index (χ0n) is 8.95. The Morgan fingerprint density at radius 3 is 2.77 bits per heavy atom. The van der Waals surface area contributed by atoms with Gasteiger partial charge in [0.15, 0.2) is 0 Å². The van der Waals surface area contributed by atoms with Gasteiger partial charge in [-0.05, 0) is 20.3 Å². The lowest BCUT2D eigenvalue weighted by atomic mass is 10.3. The Morgan fingerprint density at radius 2 is 2.23 bits per heavy atom. The third kappa shape index (κ3) is 4.07. The van der Waals surface area contributed by atoms with Gasteiger partial charge in [0.25, 0.3) is 0 Å². The van der Waals surface area contributed by atoms with Crippen molar-refractivity contribution >= 4 is 0 Å². The number of ether oxygens (including phenoxy) is 2. The van der Waals surface area contributed by atoms with Crippen molar-refractivity contribution in [2.45, 2.75) is 32.5 Å². The first-order chi connectivity index (χ1) is 6.22. The van der Waals surface area contributed by atoms with Crippen molar-refractivity contribution in [3.05, 3.63) is 0 Å². The van der Waals surface area contributed by atoms with Gasteiger partial charge in [0.05, 0.1) is 18.8 Å². The molecule has 78 valence electrons. The number of hydrogen-bond acceptors (Lipinski definition) is 3. The molecule has 1 saturated heterocycles. The molecule has 3 nitrogen and oxygen atoms in total. The molecule has 0 saturated carbocycles. The summed E-state index contributed by atoms with van der Waals surface area (Å²) >= 11 is 0. The largest absolute Gasteiger partial charge is 0.380 e. The minimum atomic E-state index is 0.348. The van der Waals surface area contributed by atoms with Gasteiger partial charge >= 0.3 is 0 Å². The van der Waals surface area contributed by atoms with E-state index in [1.165, 1.54) is 0 Å². The normalized spacial score (nSPS) is 24.5. The van der Waals surface area contributed by atoms with Gasteiger partial charge < -0.3 is 9.47 Å². The zero-order chi connectivity index (χ0) is 9.68. The molecule has 0 amide bonds. The third-order valence-corrected chi connectivity index (χ3v) is 2.42. The fraction of sp³-hybridized carbons (Fsp3) is 1.00. The fourth-order valence-electron chi connectivity index (χ4n) is 1.61. The van der Waals surface area contributed by atoms with E-state index in [0.717, 1.165) is 32.7 Å². The molecule has 0 aromatic carbocycles. The molecular formula is C10H21NO2. The summed E-state index contributed by atoms with van der Waals surface area (Å²) in [4.78, 5) is 2.40. The number of methoxy groups -OCH3 is 1. The van der Waals surface area contributed by atoms with Gasteiger partial charge in [-0.25, -0.2) is 0 Å². The minimum absolute atomic E-state index is 0.348. The van der Waals surface area contributed by atoms with Crippen LogP contribution in [0.5, 0.6) is 0 Å². The van der Waals surface area contributed by atoms with E-state index in [4.69, 9.17) is 9.47 Å². The van der Waals surface area contributed by atoms with E-state index in [0.29, 0.717) is 12.2 Å². The average molecular weight is 187 g/mol. The number of nitrogens with zero attached hydrogens (tertiary/aromatic N) is 1. The Hall–Kier alpha value is -0.120. The highest BCUT2D eigenvalue weighted by Gasteiger charge is 2.21. The Balaban J connectivity index is 2.03. The quantitative estimate of drug-likeness (QED) is 0.644. The first-order valence-electron chi connectivity index (χ1n) is 5.09. The van der Waals surface area contributed by atoms with E-state index in [2.05, 4.69) is 18.7 Å². The molecule has 3 heteroatoms. The highest BCUT2D eigenvalue weighted by atomic mass is 16.5. The van der Waals surface area contributed by atoms with Crippen molar-refractivity contribution in [3.63, 3.8) is 0 Å². The standard InChI is InChI=1S/C10H21NO2/c1-9(2)13-7-6-11-5-4-10(8-11)12-3/h9-10H,4-8H2,1-3H3. The Morgan fingerprint density at radius 1 is 1.46 bits per heavy atom. The van der Waals surface area contributed by atoms with Gasteiger partial charge in [0.1, 0.15) is 0 Å². The molecule has 1 rings (SSSR count). The monoisotopic (exact) mass is 187 g/mol. The van der Waals surface area contributed by atoms with E-state index < -0.39 is 0 Å². The number of rotatable bonds is 5. The average Bonchev–Trinajstić information content (AvgIpc) is 2.52. The van der Waals surface area contributed by atoms with Gasteiger partial charge in [0, 0.05) is 26.7 Å². The summed E-state index contributed by atoms with van der Waals surface area (Å²) in [6, 6.07) is 0. The maximum absolute atomic E-state index is 5.49. The smallest absolute Gasteiger partial charge is 0.0710 e.